The second kappa shape index (κ2) is 6.23. The molecule has 17 heavy (non-hydrogen) atoms. The van der Waals surface area contributed by atoms with Crippen molar-refractivity contribution in [2.24, 2.45) is 5.73 Å². The number of rotatable bonds is 4. The van der Waals surface area contributed by atoms with Gasteiger partial charge in [0.1, 0.15) is 0 Å². The molecule has 0 saturated heterocycles. The molecule has 0 aliphatic carbocycles. The van der Waals surface area contributed by atoms with E-state index in [1.165, 1.54) is 7.11 Å². The molecule has 6 heteroatoms. The summed E-state index contributed by atoms with van der Waals surface area (Å²) in [7, 11) is 1.52. The average Bonchev–Trinajstić information content (AvgIpc) is 2.15. The van der Waals surface area contributed by atoms with Gasteiger partial charge in [-0.05, 0) is 35.0 Å². The van der Waals surface area contributed by atoms with Crippen LogP contribution in [0.1, 0.15) is 13.3 Å². The molecular formula is C11H14BrClN2O2. The Labute approximate surface area is 114 Å². The number of halogens is 2. The quantitative estimate of drug-likeness (QED) is 0.896. The van der Waals surface area contributed by atoms with E-state index in [4.69, 9.17) is 22.1 Å². The molecule has 0 radical (unpaired) electrons. The summed E-state index contributed by atoms with van der Waals surface area (Å²) in [5, 5.41) is 3.22. The van der Waals surface area contributed by atoms with Crippen molar-refractivity contribution < 1.29 is 9.53 Å². The standard InChI is InChI=1S/C11H14BrClN2O2/c1-6(14)3-10(16)15-9-5-7(13)4-8(12)11(9)17-2/h4-6H,3,14H2,1-2H3,(H,15,16). The summed E-state index contributed by atoms with van der Waals surface area (Å²) in [5.74, 6) is 0.361. The molecule has 1 aromatic carbocycles. The Morgan fingerprint density at radius 3 is 2.82 bits per heavy atom. The lowest BCUT2D eigenvalue weighted by molar-refractivity contribution is -0.116. The van der Waals surface area contributed by atoms with E-state index in [0.717, 1.165) is 0 Å². The summed E-state index contributed by atoms with van der Waals surface area (Å²) in [6.07, 6.45) is 0.243. The Morgan fingerprint density at radius 1 is 1.65 bits per heavy atom. The van der Waals surface area contributed by atoms with E-state index in [-0.39, 0.29) is 18.4 Å². The van der Waals surface area contributed by atoms with Gasteiger partial charge in [0.25, 0.3) is 0 Å². The zero-order valence-electron chi connectivity index (χ0n) is 9.59. The van der Waals surface area contributed by atoms with Crippen molar-refractivity contribution in [1.29, 1.82) is 0 Å². The molecule has 1 amide bonds. The number of benzene rings is 1. The molecule has 3 N–H and O–H groups in total. The fourth-order valence-electron chi connectivity index (χ4n) is 1.35. The first-order valence-electron chi connectivity index (χ1n) is 5.02. The minimum atomic E-state index is -0.191. The molecule has 4 nitrogen and oxygen atoms in total. The van der Waals surface area contributed by atoms with Crippen LogP contribution in [0.4, 0.5) is 5.69 Å². The van der Waals surface area contributed by atoms with Gasteiger partial charge in [-0.15, -0.1) is 0 Å². The lowest BCUT2D eigenvalue weighted by Crippen LogP contribution is -2.24. The molecule has 0 aromatic heterocycles. The lowest BCUT2D eigenvalue weighted by atomic mass is 10.2. The zero-order valence-corrected chi connectivity index (χ0v) is 11.9. The van der Waals surface area contributed by atoms with E-state index < -0.39 is 0 Å². The number of carbonyl (C=O) groups excluding carboxylic acids is 1. The largest absolute Gasteiger partial charge is 0.493 e. The summed E-state index contributed by atoms with van der Waals surface area (Å²) in [4.78, 5) is 11.6. The maximum absolute atomic E-state index is 11.6. The van der Waals surface area contributed by atoms with E-state index in [1.54, 1.807) is 19.1 Å². The van der Waals surface area contributed by atoms with Gasteiger partial charge in [0.2, 0.25) is 5.91 Å². The molecule has 0 fully saturated rings. The van der Waals surface area contributed by atoms with Gasteiger partial charge >= 0.3 is 0 Å². The van der Waals surface area contributed by atoms with E-state index in [9.17, 15) is 4.79 Å². The van der Waals surface area contributed by atoms with E-state index in [0.29, 0.717) is 20.9 Å². The Bertz CT molecular complexity index is 424. The molecule has 0 aliphatic rings. The van der Waals surface area contributed by atoms with Gasteiger partial charge < -0.3 is 15.8 Å². The Balaban J connectivity index is 2.93. The van der Waals surface area contributed by atoms with Gasteiger partial charge in [-0.2, -0.15) is 0 Å². The molecule has 94 valence electrons. The second-order valence-corrected chi connectivity index (χ2v) is 4.99. The van der Waals surface area contributed by atoms with Crippen LogP contribution in [0, 0.1) is 0 Å². The van der Waals surface area contributed by atoms with Crippen LogP contribution in [0.5, 0.6) is 5.75 Å². The number of anilines is 1. The predicted octanol–water partition coefficient (Wildman–Crippen LogP) is 2.79. The van der Waals surface area contributed by atoms with Gasteiger partial charge in [0, 0.05) is 17.5 Å². The smallest absolute Gasteiger partial charge is 0.226 e. The SMILES string of the molecule is COc1c(Br)cc(Cl)cc1NC(=O)CC(C)N. The first kappa shape index (κ1) is 14.3. The van der Waals surface area contributed by atoms with Gasteiger partial charge in [0.15, 0.2) is 5.75 Å². The summed E-state index contributed by atoms with van der Waals surface area (Å²) in [5.41, 5.74) is 6.08. The number of nitrogens with two attached hydrogens (primary N) is 1. The van der Waals surface area contributed by atoms with Crippen molar-refractivity contribution in [3.63, 3.8) is 0 Å². The highest BCUT2D eigenvalue weighted by atomic mass is 79.9. The van der Waals surface area contributed by atoms with Crippen LogP contribution in [0.25, 0.3) is 0 Å². The maximum atomic E-state index is 11.6. The highest BCUT2D eigenvalue weighted by Crippen LogP contribution is 2.36. The number of hydrogen-bond acceptors (Lipinski definition) is 3. The first-order chi connectivity index (χ1) is 7.93. The van der Waals surface area contributed by atoms with Gasteiger partial charge in [0.05, 0.1) is 17.3 Å². The minimum Gasteiger partial charge on any atom is -0.493 e. The molecule has 1 unspecified atom stereocenters. The van der Waals surface area contributed by atoms with Crippen LogP contribution in [0.2, 0.25) is 5.02 Å². The second-order valence-electron chi connectivity index (χ2n) is 3.70. The third-order valence-electron chi connectivity index (χ3n) is 1.99. The fourth-order valence-corrected chi connectivity index (χ4v) is 2.33. The van der Waals surface area contributed by atoms with Crippen molar-refractivity contribution in [2.45, 2.75) is 19.4 Å². The molecule has 0 spiro atoms. The van der Waals surface area contributed by atoms with Crippen LogP contribution >= 0.6 is 27.5 Å². The Hall–Kier alpha value is -0.780. The van der Waals surface area contributed by atoms with Gasteiger partial charge in [-0.3, -0.25) is 4.79 Å². The highest BCUT2D eigenvalue weighted by molar-refractivity contribution is 9.10. The van der Waals surface area contributed by atoms with Crippen LogP contribution in [0.15, 0.2) is 16.6 Å². The van der Waals surface area contributed by atoms with Crippen LogP contribution in [-0.4, -0.2) is 19.1 Å². The monoisotopic (exact) mass is 320 g/mol. The average molecular weight is 322 g/mol. The van der Waals surface area contributed by atoms with Crippen molar-refractivity contribution in [3.8, 4) is 5.75 Å². The van der Waals surface area contributed by atoms with Crippen LogP contribution in [0.3, 0.4) is 0 Å². The van der Waals surface area contributed by atoms with Crippen molar-refractivity contribution >= 4 is 39.1 Å². The molecule has 1 atom stereocenters. The number of hydrogen-bond donors (Lipinski definition) is 2. The predicted molar refractivity (Wildman–Crippen MR) is 72.6 cm³/mol. The molecule has 1 rings (SSSR count). The molecule has 0 heterocycles. The minimum absolute atomic E-state index is 0.174. The summed E-state index contributed by atoms with van der Waals surface area (Å²) in [6.45, 7) is 1.77. The normalized spacial score (nSPS) is 12.1. The third kappa shape index (κ3) is 4.18. The number of amides is 1. The topological polar surface area (TPSA) is 64.3 Å². The fraction of sp³-hybridized carbons (Fsp3) is 0.364. The molecular weight excluding hydrogens is 307 g/mol. The van der Waals surface area contributed by atoms with Crippen molar-refractivity contribution in [1.82, 2.24) is 0 Å². The summed E-state index contributed by atoms with van der Waals surface area (Å²) < 4.78 is 5.87. The zero-order chi connectivity index (χ0) is 13.0. The lowest BCUT2D eigenvalue weighted by Gasteiger charge is -2.13. The number of methoxy groups -OCH3 is 1. The third-order valence-corrected chi connectivity index (χ3v) is 2.80. The van der Waals surface area contributed by atoms with E-state index in [2.05, 4.69) is 21.2 Å². The van der Waals surface area contributed by atoms with Crippen molar-refractivity contribution in [3.05, 3.63) is 21.6 Å². The molecule has 0 bridgehead atoms. The molecule has 0 saturated carbocycles. The molecule has 0 aliphatic heterocycles. The van der Waals surface area contributed by atoms with Crippen LogP contribution < -0.4 is 15.8 Å². The number of nitrogens with one attached hydrogen (secondary N) is 1. The number of ether oxygens (including phenoxy) is 1. The van der Waals surface area contributed by atoms with E-state index >= 15 is 0 Å². The molecule has 1 aromatic rings. The van der Waals surface area contributed by atoms with Crippen LogP contribution in [-0.2, 0) is 4.79 Å². The maximum Gasteiger partial charge on any atom is 0.226 e. The van der Waals surface area contributed by atoms with Crippen molar-refractivity contribution in [2.75, 3.05) is 12.4 Å². The highest BCUT2D eigenvalue weighted by Gasteiger charge is 2.13. The Kier molecular flexibility index (Phi) is 5.24. The van der Waals surface area contributed by atoms with Gasteiger partial charge in [-0.25, -0.2) is 0 Å². The first-order valence-corrected chi connectivity index (χ1v) is 6.19. The van der Waals surface area contributed by atoms with E-state index in [1.807, 2.05) is 0 Å². The van der Waals surface area contributed by atoms with Gasteiger partial charge in [-0.1, -0.05) is 11.6 Å². The summed E-state index contributed by atoms with van der Waals surface area (Å²) in [6, 6.07) is 3.13. The number of carbonyl (C=O) groups is 1. The summed E-state index contributed by atoms with van der Waals surface area (Å²) >= 11 is 9.22. The Morgan fingerprint density at radius 2 is 2.29 bits per heavy atom.